The summed E-state index contributed by atoms with van der Waals surface area (Å²) < 4.78 is 10.0. The van der Waals surface area contributed by atoms with Crippen LogP contribution in [0.15, 0.2) is 53.4 Å². The van der Waals surface area contributed by atoms with E-state index in [9.17, 15) is 9.59 Å². The molecule has 0 heterocycles. The lowest BCUT2D eigenvalue weighted by molar-refractivity contribution is -0.149. The lowest BCUT2D eigenvalue weighted by Gasteiger charge is -2.20. The van der Waals surface area contributed by atoms with Gasteiger partial charge in [0.1, 0.15) is 17.5 Å². The summed E-state index contributed by atoms with van der Waals surface area (Å²) in [6, 6.07) is 15.5. The first-order valence-electron chi connectivity index (χ1n) is 8.59. The number of rotatable bonds is 9. The molecule has 0 aromatic heterocycles. The molecular formula is C21H23ClO4S. The maximum atomic E-state index is 11.9. The molecule has 2 aromatic carbocycles. The predicted octanol–water partition coefficient (Wildman–Crippen LogP) is 5.34. The summed E-state index contributed by atoms with van der Waals surface area (Å²) in [6.07, 6.45) is 1.08. The highest BCUT2D eigenvalue weighted by Gasteiger charge is 2.26. The van der Waals surface area contributed by atoms with E-state index in [1.54, 1.807) is 18.9 Å². The van der Waals surface area contributed by atoms with E-state index >= 15 is 0 Å². The molecule has 144 valence electrons. The standard InChI is InChI=1S/C21H23ClO4S/c1-14(23)19(21(24)26-3)12-13-20(15-4-8-17(25-2)9-5-15)27-18-10-6-16(22)7-11-18/h4-11,19-20H,12-13H2,1-3H3. The van der Waals surface area contributed by atoms with Crippen molar-refractivity contribution in [1.82, 2.24) is 0 Å². The van der Waals surface area contributed by atoms with Crippen LogP contribution >= 0.6 is 23.4 Å². The van der Waals surface area contributed by atoms with Crippen molar-refractivity contribution in [1.29, 1.82) is 0 Å². The number of benzene rings is 2. The third-order valence-corrected chi connectivity index (χ3v) is 5.86. The maximum absolute atomic E-state index is 11.9. The van der Waals surface area contributed by atoms with Crippen LogP contribution < -0.4 is 4.74 Å². The number of methoxy groups -OCH3 is 2. The van der Waals surface area contributed by atoms with Crippen LogP contribution in [0.3, 0.4) is 0 Å². The van der Waals surface area contributed by atoms with E-state index in [4.69, 9.17) is 21.1 Å². The Kier molecular flexibility index (Phi) is 8.20. The Bertz CT molecular complexity index is 759. The zero-order valence-electron chi connectivity index (χ0n) is 15.6. The summed E-state index contributed by atoms with van der Waals surface area (Å²) >= 11 is 7.65. The average molecular weight is 407 g/mol. The molecule has 6 heteroatoms. The van der Waals surface area contributed by atoms with Crippen molar-refractivity contribution in [3.05, 3.63) is 59.1 Å². The second-order valence-corrected chi connectivity index (χ2v) is 7.81. The Morgan fingerprint density at radius 3 is 2.15 bits per heavy atom. The van der Waals surface area contributed by atoms with Gasteiger partial charge in [-0.1, -0.05) is 23.7 Å². The largest absolute Gasteiger partial charge is 0.497 e. The molecule has 2 rings (SSSR count). The lowest BCUT2D eigenvalue weighted by Crippen LogP contribution is -2.23. The normalized spacial score (nSPS) is 12.9. The van der Waals surface area contributed by atoms with Crippen LogP contribution in [0, 0.1) is 5.92 Å². The Labute approximate surface area is 169 Å². The van der Waals surface area contributed by atoms with Gasteiger partial charge in [-0.2, -0.15) is 0 Å². The van der Waals surface area contributed by atoms with E-state index in [1.807, 2.05) is 48.5 Å². The minimum absolute atomic E-state index is 0.0728. The summed E-state index contributed by atoms with van der Waals surface area (Å²) in [7, 11) is 2.93. The number of Topliss-reactive ketones (excluding diaryl/α,β-unsaturated/α-hetero) is 1. The number of hydrogen-bond acceptors (Lipinski definition) is 5. The molecule has 0 aliphatic carbocycles. The fourth-order valence-electron chi connectivity index (χ4n) is 2.74. The van der Waals surface area contributed by atoms with E-state index in [0.29, 0.717) is 17.9 Å². The minimum atomic E-state index is -0.735. The molecule has 0 aliphatic rings. The van der Waals surface area contributed by atoms with Crippen molar-refractivity contribution < 1.29 is 19.1 Å². The molecule has 0 aliphatic heterocycles. The molecule has 2 aromatic rings. The van der Waals surface area contributed by atoms with Crippen molar-refractivity contribution in [2.45, 2.75) is 29.9 Å². The third-order valence-electron chi connectivity index (χ3n) is 4.27. The zero-order chi connectivity index (χ0) is 19.8. The van der Waals surface area contributed by atoms with Gasteiger partial charge in [-0.05, 0) is 61.7 Å². The quantitative estimate of drug-likeness (QED) is 0.319. The first kappa shape index (κ1) is 21.3. The van der Waals surface area contributed by atoms with Crippen LogP contribution in [0.25, 0.3) is 0 Å². The Balaban J connectivity index is 2.20. The Morgan fingerprint density at radius 1 is 1.00 bits per heavy atom. The van der Waals surface area contributed by atoms with E-state index in [1.165, 1.54) is 14.0 Å². The number of carbonyl (C=O) groups is 2. The van der Waals surface area contributed by atoms with Crippen LogP contribution in [0.4, 0.5) is 0 Å². The van der Waals surface area contributed by atoms with Gasteiger partial charge in [0.15, 0.2) is 0 Å². The second kappa shape index (κ2) is 10.4. The van der Waals surface area contributed by atoms with Gasteiger partial charge in [-0.3, -0.25) is 9.59 Å². The highest BCUT2D eigenvalue weighted by molar-refractivity contribution is 7.99. The Morgan fingerprint density at radius 2 is 1.63 bits per heavy atom. The average Bonchev–Trinajstić information content (AvgIpc) is 2.68. The van der Waals surface area contributed by atoms with E-state index in [2.05, 4.69) is 0 Å². The first-order chi connectivity index (χ1) is 12.9. The molecule has 27 heavy (non-hydrogen) atoms. The summed E-state index contributed by atoms with van der Waals surface area (Å²) in [4.78, 5) is 24.8. The van der Waals surface area contributed by atoms with Crippen LogP contribution in [-0.2, 0) is 14.3 Å². The lowest BCUT2D eigenvalue weighted by atomic mass is 9.96. The molecule has 4 nitrogen and oxygen atoms in total. The molecule has 2 atom stereocenters. The van der Waals surface area contributed by atoms with Gasteiger partial charge < -0.3 is 9.47 Å². The summed E-state index contributed by atoms with van der Waals surface area (Å²) in [5.41, 5.74) is 1.10. The third kappa shape index (κ3) is 6.29. The van der Waals surface area contributed by atoms with Crippen molar-refractivity contribution >= 4 is 35.1 Å². The van der Waals surface area contributed by atoms with Crippen LogP contribution in [-0.4, -0.2) is 26.0 Å². The van der Waals surface area contributed by atoms with Gasteiger partial charge in [0, 0.05) is 15.2 Å². The van der Waals surface area contributed by atoms with Gasteiger partial charge >= 0.3 is 5.97 Å². The number of esters is 1. The molecule has 0 N–H and O–H groups in total. The van der Waals surface area contributed by atoms with Gasteiger partial charge in [-0.15, -0.1) is 11.8 Å². The fraction of sp³-hybridized carbons (Fsp3) is 0.333. The van der Waals surface area contributed by atoms with E-state index in [-0.39, 0.29) is 11.0 Å². The molecule has 0 amide bonds. The molecular weight excluding hydrogens is 384 g/mol. The number of hydrogen-bond donors (Lipinski definition) is 0. The van der Waals surface area contributed by atoms with E-state index < -0.39 is 11.9 Å². The summed E-state index contributed by atoms with van der Waals surface area (Å²) in [5, 5.41) is 0.756. The number of ether oxygens (including phenoxy) is 2. The van der Waals surface area contributed by atoms with Crippen molar-refractivity contribution in [2.24, 2.45) is 5.92 Å². The molecule has 0 saturated heterocycles. The predicted molar refractivity (Wildman–Crippen MR) is 108 cm³/mol. The van der Waals surface area contributed by atoms with Crippen LogP contribution in [0.1, 0.15) is 30.6 Å². The highest BCUT2D eigenvalue weighted by Crippen LogP contribution is 2.40. The SMILES string of the molecule is COC(=O)C(CCC(Sc1ccc(Cl)cc1)c1ccc(OC)cc1)C(C)=O. The topological polar surface area (TPSA) is 52.6 Å². The summed E-state index contributed by atoms with van der Waals surface area (Å²) in [5.74, 6) is -0.606. The number of halogens is 1. The monoisotopic (exact) mass is 406 g/mol. The smallest absolute Gasteiger partial charge is 0.316 e. The number of ketones is 1. The molecule has 0 spiro atoms. The first-order valence-corrected chi connectivity index (χ1v) is 9.84. The van der Waals surface area contributed by atoms with E-state index in [0.717, 1.165) is 16.2 Å². The molecule has 0 saturated carbocycles. The van der Waals surface area contributed by atoms with Gasteiger partial charge in [0.2, 0.25) is 0 Å². The Hall–Kier alpha value is -1.98. The second-order valence-electron chi connectivity index (χ2n) is 6.10. The molecule has 0 fully saturated rings. The van der Waals surface area contributed by atoms with Gasteiger partial charge in [0.25, 0.3) is 0 Å². The van der Waals surface area contributed by atoms with Crippen molar-refractivity contribution in [3.8, 4) is 5.75 Å². The zero-order valence-corrected chi connectivity index (χ0v) is 17.2. The summed E-state index contributed by atoms with van der Waals surface area (Å²) in [6.45, 7) is 1.43. The number of carbonyl (C=O) groups excluding carboxylic acids is 2. The molecule has 0 bridgehead atoms. The minimum Gasteiger partial charge on any atom is -0.497 e. The fourth-order valence-corrected chi connectivity index (χ4v) is 4.03. The maximum Gasteiger partial charge on any atom is 0.316 e. The number of thioether (sulfide) groups is 1. The molecule has 0 radical (unpaired) electrons. The van der Waals surface area contributed by atoms with Crippen molar-refractivity contribution in [3.63, 3.8) is 0 Å². The van der Waals surface area contributed by atoms with Gasteiger partial charge in [0.05, 0.1) is 14.2 Å². The van der Waals surface area contributed by atoms with Crippen LogP contribution in [0.2, 0.25) is 5.02 Å². The highest BCUT2D eigenvalue weighted by atomic mass is 35.5. The van der Waals surface area contributed by atoms with Crippen molar-refractivity contribution in [2.75, 3.05) is 14.2 Å². The van der Waals surface area contributed by atoms with Gasteiger partial charge in [-0.25, -0.2) is 0 Å². The van der Waals surface area contributed by atoms with Crippen LogP contribution in [0.5, 0.6) is 5.75 Å². The molecule has 2 unspecified atom stereocenters.